The minimum Gasteiger partial charge on any atom is -0.366 e. The van der Waals surface area contributed by atoms with E-state index in [9.17, 15) is 19.2 Å². The van der Waals surface area contributed by atoms with E-state index in [0.717, 1.165) is 4.90 Å². The molecule has 2 aromatic heterocycles. The summed E-state index contributed by atoms with van der Waals surface area (Å²) in [5.74, 6) is -1.52. The number of anilines is 1. The molecule has 5 amide bonds. The monoisotopic (exact) mass is 444 g/mol. The van der Waals surface area contributed by atoms with Crippen LogP contribution in [0.1, 0.15) is 26.3 Å². The van der Waals surface area contributed by atoms with Crippen LogP contribution in [0.3, 0.4) is 0 Å². The van der Waals surface area contributed by atoms with Crippen LogP contribution in [-0.4, -0.2) is 57.1 Å². The summed E-state index contributed by atoms with van der Waals surface area (Å²) in [5, 5.41) is 2.75. The SMILES string of the molecule is CN1CC(=O)N(Cc2ccc(C(N)=O)cc2NC(=O)c2cncc(-c3ccccn3)c2)C1=O. The van der Waals surface area contributed by atoms with Crippen LogP contribution in [0, 0.1) is 0 Å². The first-order valence-electron chi connectivity index (χ1n) is 9.99. The largest absolute Gasteiger partial charge is 0.366 e. The van der Waals surface area contributed by atoms with Crippen LogP contribution in [0.25, 0.3) is 11.3 Å². The molecule has 1 fully saturated rings. The molecule has 166 valence electrons. The van der Waals surface area contributed by atoms with E-state index in [1.807, 2.05) is 6.07 Å². The van der Waals surface area contributed by atoms with Crippen molar-refractivity contribution in [3.05, 3.63) is 77.7 Å². The summed E-state index contributed by atoms with van der Waals surface area (Å²) in [6.45, 7) is -0.0885. The van der Waals surface area contributed by atoms with Crippen LogP contribution in [0.15, 0.2) is 61.1 Å². The Kier molecular flexibility index (Phi) is 5.81. The molecule has 1 aliphatic rings. The minimum atomic E-state index is -0.677. The number of pyridine rings is 2. The Morgan fingerprint density at radius 1 is 1.09 bits per heavy atom. The van der Waals surface area contributed by atoms with E-state index in [1.54, 1.807) is 36.7 Å². The number of hydrogen-bond donors (Lipinski definition) is 2. The van der Waals surface area contributed by atoms with E-state index < -0.39 is 17.8 Å². The lowest BCUT2D eigenvalue weighted by atomic mass is 10.1. The maximum absolute atomic E-state index is 13.0. The van der Waals surface area contributed by atoms with Gasteiger partial charge in [-0.3, -0.25) is 29.3 Å². The van der Waals surface area contributed by atoms with Gasteiger partial charge in [0.1, 0.15) is 6.54 Å². The lowest BCUT2D eigenvalue weighted by Crippen LogP contribution is -2.31. The highest BCUT2D eigenvalue weighted by atomic mass is 16.2. The number of carbonyl (C=O) groups is 4. The number of carbonyl (C=O) groups excluding carboxylic acids is 4. The highest BCUT2D eigenvalue weighted by Crippen LogP contribution is 2.24. The molecule has 3 heterocycles. The molecule has 1 aromatic carbocycles. The third kappa shape index (κ3) is 4.54. The number of rotatable bonds is 6. The summed E-state index contributed by atoms with van der Waals surface area (Å²) in [7, 11) is 1.53. The van der Waals surface area contributed by atoms with E-state index in [0.29, 0.717) is 16.8 Å². The first kappa shape index (κ1) is 21.6. The number of aromatic nitrogens is 2. The number of imide groups is 1. The number of primary amides is 1. The maximum atomic E-state index is 13.0. The van der Waals surface area contributed by atoms with E-state index in [1.165, 1.54) is 30.3 Å². The molecule has 3 N–H and O–H groups in total. The number of urea groups is 1. The molecule has 0 aliphatic carbocycles. The molecule has 0 spiro atoms. The average Bonchev–Trinajstić information content (AvgIpc) is 3.06. The minimum absolute atomic E-state index is 0.0219. The smallest absolute Gasteiger partial charge is 0.327 e. The molecule has 0 saturated carbocycles. The Morgan fingerprint density at radius 2 is 1.91 bits per heavy atom. The van der Waals surface area contributed by atoms with Gasteiger partial charge in [0.05, 0.1) is 17.8 Å². The predicted molar refractivity (Wildman–Crippen MR) is 119 cm³/mol. The van der Waals surface area contributed by atoms with Gasteiger partial charge >= 0.3 is 6.03 Å². The molecule has 3 aromatic rings. The molecule has 10 heteroatoms. The van der Waals surface area contributed by atoms with Gasteiger partial charge in [0.25, 0.3) is 11.8 Å². The van der Waals surface area contributed by atoms with Crippen LogP contribution >= 0.6 is 0 Å². The lowest BCUT2D eigenvalue weighted by molar-refractivity contribution is -0.125. The van der Waals surface area contributed by atoms with E-state index >= 15 is 0 Å². The average molecular weight is 444 g/mol. The maximum Gasteiger partial charge on any atom is 0.327 e. The molecule has 0 radical (unpaired) electrons. The summed E-state index contributed by atoms with van der Waals surface area (Å²) < 4.78 is 0. The van der Waals surface area contributed by atoms with Gasteiger partial charge in [-0.1, -0.05) is 12.1 Å². The van der Waals surface area contributed by atoms with E-state index in [2.05, 4.69) is 15.3 Å². The number of hydrogen-bond acceptors (Lipinski definition) is 6. The van der Waals surface area contributed by atoms with Crippen LogP contribution in [-0.2, 0) is 11.3 Å². The third-order valence-corrected chi connectivity index (χ3v) is 5.16. The van der Waals surface area contributed by atoms with Crippen molar-refractivity contribution in [3.8, 4) is 11.3 Å². The zero-order valence-corrected chi connectivity index (χ0v) is 17.7. The molecule has 33 heavy (non-hydrogen) atoms. The van der Waals surface area contributed by atoms with Crippen molar-refractivity contribution >= 4 is 29.4 Å². The van der Waals surface area contributed by atoms with E-state index in [4.69, 9.17) is 5.73 Å². The van der Waals surface area contributed by atoms with E-state index in [-0.39, 0.29) is 35.8 Å². The molecule has 1 saturated heterocycles. The van der Waals surface area contributed by atoms with Gasteiger partial charge in [0.2, 0.25) is 5.91 Å². The fraction of sp³-hybridized carbons (Fsp3) is 0.130. The Morgan fingerprint density at radius 3 is 2.58 bits per heavy atom. The fourth-order valence-corrected chi connectivity index (χ4v) is 3.41. The number of nitrogens with zero attached hydrogens (tertiary/aromatic N) is 4. The van der Waals surface area contributed by atoms with Crippen molar-refractivity contribution in [2.24, 2.45) is 5.73 Å². The van der Waals surface area contributed by atoms with Gasteiger partial charge in [-0.25, -0.2) is 4.79 Å². The molecule has 0 unspecified atom stereocenters. The first-order chi connectivity index (χ1) is 15.8. The molecule has 10 nitrogen and oxygen atoms in total. The standard InChI is InChI=1S/C23H20N6O4/c1-28-13-20(30)29(23(28)33)12-15-6-5-14(21(24)31)9-19(15)27-22(32)17-8-16(10-25-11-17)18-4-2-3-7-26-18/h2-11H,12-13H2,1H3,(H2,24,31)(H,27,32). The highest BCUT2D eigenvalue weighted by molar-refractivity contribution is 6.06. The third-order valence-electron chi connectivity index (χ3n) is 5.16. The zero-order valence-electron chi connectivity index (χ0n) is 17.7. The molecule has 0 atom stereocenters. The Bertz CT molecular complexity index is 1260. The lowest BCUT2D eigenvalue weighted by Gasteiger charge is -2.18. The summed E-state index contributed by atoms with van der Waals surface area (Å²) >= 11 is 0. The Balaban J connectivity index is 1.63. The van der Waals surface area contributed by atoms with Gasteiger partial charge in [-0.2, -0.15) is 0 Å². The van der Waals surface area contributed by atoms with Crippen molar-refractivity contribution in [1.29, 1.82) is 0 Å². The summed E-state index contributed by atoms with van der Waals surface area (Å²) in [4.78, 5) is 59.9. The molecule has 4 rings (SSSR count). The van der Waals surface area contributed by atoms with Crippen molar-refractivity contribution in [2.45, 2.75) is 6.54 Å². The second-order valence-electron chi connectivity index (χ2n) is 7.49. The van der Waals surface area contributed by atoms with Gasteiger partial charge in [-0.05, 0) is 35.9 Å². The first-order valence-corrected chi connectivity index (χ1v) is 9.99. The van der Waals surface area contributed by atoms with Crippen molar-refractivity contribution in [1.82, 2.24) is 19.8 Å². The quantitative estimate of drug-likeness (QED) is 0.557. The normalized spacial score (nSPS) is 13.4. The second kappa shape index (κ2) is 8.87. The number of nitrogens with one attached hydrogen (secondary N) is 1. The highest BCUT2D eigenvalue weighted by Gasteiger charge is 2.34. The van der Waals surface area contributed by atoms with Crippen molar-refractivity contribution in [2.75, 3.05) is 18.9 Å². The van der Waals surface area contributed by atoms with Crippen LogP contribution < -0.4 is 11.1 Å². The summed E-state index contributed by atoms with van der Waals surface area (Å²) in [5.41, 5.74) is 7.88. The molecule has 1 aliphatic heterocycles. The molecular formula is C23H20N6O4. The molecule has 0 bridgehead atoms. The van der Waals surface area contributed by atoms with Gasteiger partial charge in [0, 0.05) is 42.5 Å². The summed E-state index contributed by atoms with van der Waals surface area (Å²) in [6.07, 6.45) is 4.64. The van der Waals surface area contributed by atoms with Crippen LogP contribution in [0.2, 0.25) is 0 Å². The van der Waals surface area contributed by atoms with Crippen LogP contribution in [0.4, 0.5) is 10.5 Å². The topological polar surface area (TPSA) is 139 Å². The van der Waals surface area contributed by atoms with Gasteiger partial charge in [0.15, 0.2) is 0 Å². The Hall–Kier alpha value is -4.60. The van der Waals surface area contributed by atoms with Crippen molar-refractivity contribution < 1.29 is 19.2 Å². The number of benzene rings is 1. The summed E-state index contributed by atoms with van der Waals surface area (Å²) in [6, 6.07) is 11.1. The molecular weight excluding hydrogens is 424 g/mol. The zero-order chi connectivity index (χ0) is 23.5. The fourth-order valence-electron chi connectivity index (χ4n) is 3.41. The number of likely N-dealkylation sites (N-methyl/N-ethyl adjacent to an activating group) is 1. The Labute approximate surface area is 189 Å². The number of nitrogens with two attached hydrogens (primary N) is 1. The predicted octanol–water partition coefficient (Wildman–Crippen LogP) is 1.89. The van der Waals surface area contributed by atoms with Gasteiger partial charge in [-0.15, -0.1) is 0 Å². The van der Waals surface area contributed by atoms with Crippen molar-refractivity contribution in [3.63, 3.8) is 0 Å². The van der Waals surface area contributed by atoms with Gasteiger partial charge < -0.3 is 16.0 Å². The number of amides is 5. The van der Waals surface area contributed by atoms with Crippen LogP contribution in [0.5, 0.6) is 0 Å². The second-order valence-corrected chi connectivity index (χ2v) is 7.49.